The molecule has 39 heavy (non-hydrogen) atoms. The van der Waals surface area contributed by atoms with Crippen molar-refractivity contribution < 1.29 is 27.1 Å². The molecule has 4 heterocycles. The summed E-state index contributed by atoms with van der Waals surface area (Å²) in [7, 11) is 0. The number of oxazole rings is 1. The van der Waals surface area contributed by atoms with Crippen molar-refractivity contribution in [1.29, 1.82) is 0 Å². The number of hydrogen-bond donors (Lipinski definition) is 2. The molecule has 0 radical (unpaired) electrons. The van der Waals surface area contributed by atoms with Gasteiger partial charge in [0.1, 0.15) is 0 Å². The van der Waals surface area contributed by atoms with Gasteiger partial charge in [-0.25, -0.2) is 15.0 Å². The van der Waals surface area contributed by atoms with E-state index in [9.17, 15) is 18.0 Å². The van der Waals surface area contributed by atoms with Gasteiger partial charge in [0, 0.05) is 49.3 Å². The normalized spacial score (nSPS) is 13.8. The maximum Gasteiger partial charge on any atom is 0.452 e. The van der Waals surface area contributed by atoms with Gasteiger partial charge >= 0.3 is 6.18 Å². The summed E-state index contributed by atoms with van der Waals surface area (Å²) in [6.07, 6.45) is 0.279. The van der Waals surface area contributed by atoms with E-state index in [2.05, 4.69) is 39.9 Å². The van der Waals surface area contributed by atoms with Crippen LogP contribution in [-0.4, -0.2) is 52.1 Å². The number of alkyl halides is 3. The number of halogens is 3. The van der Waals surface area contributed by atoms with Crippen molar-refractivity contribution in [2.75, 3.05) is 41.8 Å². The van der Waals surface area contributed by atoms with Gasteiger partial charge in [-0.1, -0.05) is 6.07 Å². The van der Waals surface area contributed by atoms with Crippen LogP contribution >= 0.6 is 0 Å². The Morgan fingerprint density at radius 2 is 1.85 bits per heavy atom. The van der Waals surface area contributed by atoms with Crippen LogP contribution in [0, 0.1) is 13.8 Å². The van der Waals surface area contributed by atoms with E-state index in [1.54, 1.807) is 42.9 Å². The molecule has 0 bridgehead atoms. The fourth-order valence-electron chi connectivity index (χ4n) is 4.06. The number of anilines is 4. The summed E-state index contributed by atoms with van der Waals surface area (Å²) in [5.41, 5.74) is 3.20. The number of aromatic nitrogens is 4. The van der Waals surface area contributed by atoms with Crippen LogP contribution in [0.1, 0.15) is 27.7 Å². The molecule has 4 aromatic rings. The number of ether oxygens (including phenoxy) is 1. The average molecular weight is 540 g/mol. The fraction of sp³-hybridized carbons (Fsp3) is 0.269. The molecule has 13 heteroatoms. The summed E-state index contributed by atoms with van der Waals surface area (Å²) < 4.78 is 49.8. The Morgan fingerprint density at radius 1 is 1.05 bits per heavy atom. The lowest BCUT2D eigenvalue weighted by Crippen LogP contribution is -2.36. The van der Waals surface area contributed by atoms with Crippen LogP contribution in [-0.2, 0) is 10.9 Å². The molecule has 10 nitrogen and oxygen atoms in total. The minimum absolute atomic E-state index is 0.250. The fourth-order valence-corrected chi connectivity index (χ4v) is 4.06. The number of amides is 1. The molecule has 3 aromatic heterocycles. The quantitative estimate of drug-likeness (QED) is 0.349. The molecule has 1 aromatic carbocycles. The first-order chi connectivity index (χ1) is 18.7. The molecule has 5 rings (SSSR count). The van der Waals surface area contributed by atoms with E-state index in [1.807, 2.05) is 13.0 Å². The zero-order valence-electron chi connectivity index (χ0n) is 21.0. The predicted octanol–water partition coefficient (Wildman–Crippen LogP) is 4.99. The number of nitrogens with one attached hydrogen (secondary N) is 2. The van der Waals surface area contributed by atoms with E-state index in [0.29, 0.717) is 30.5 Å². The third-order valence-electron chi connectivity index (χ3n) is 6.00. The lowest BCUT2D eigenvalue weighted by atomic mass is 10.1. The number of morpholine rings is 1. The van der Waals surface area contributed by atoms with E-state index in [0.717, 1.165) is 29.9 Å². The van der Waals surface area contributed by atoms with Crippen molar-refractivity contribution in [3.63, 3.8) is 0 Å². The van der Waals surface area contributed by atoms with Gasteiger partial charge in [0.05, 0.1) is 30.8 Å². The van der Waals surface area contributed by atoms with Crippen LogP contribution in [0.3, 0.4) is 0 Å². The van der Waals surface area contributed by atoms with Crippen molar-refractivity contribution in [1.82, 2.24) is 19.9 Å². The Kier molecular flexibility index (Phi) is 7.15. The number of nitrogens with zero attached hydrogens (tertiary/aromatic N) is 5. The highest BCUT2D eigenvalue weighted by Gasteiger charge is 2.41. The maximum absolute atomic E-state index is 13.2. The zero-order chi connectivity index (χ0) is 27.6. The predicted molar refractivity (Wildman–Crippen MR) is 137 cm³/mol. The van der Waals surface area contributed by atoms with Crippen molar-refractivity contribution in [3.8, 4) is 11.3 Å². The Labute approximate surface area is 221 Å². The topological polar surface area (TPSA) is 118 Å². The molecular formula is C26H24F3N7O3. The first kappa shape index (κ1) is 26.1. The van der Waals surface area contributed by atoms with Crippen molar-refractivity contribution >= 4 is 28.9 Å². The molecule has 1 aliphatic rings. The maximum atomic E-state index is 13.2. The summed E-state index contributed by atoms with van der Waals surface area (Å²) in [6.45, 7) is 5.95. The molecule has 2 N–H and O–H groups in total. The van der Waals surface area contributed by atoms with Gasteiger partial charge < -0.3 is 24.7 Å². The second-order valence-electron chi connectivity index (χ2n) is 8.81. The molecule has 1 aliphatic heterocycles. The van der Waals surface area contributed by atoms with Crippen molar-refractivity contribution in [2.24, 2.45) is 0 Å². The summed E-state index contributed by atoms with van der Waals surface area (Å²) in [5.74, 6) is -2.45. The first-order valence-electron chi connectivity index (χ1n) is 12.0. The van der Waals surface area contributed by atoms with E-state index < -0.39 is 23.5 Å². The summed E-state index contributed by atoms with van der Waals surface area (Å²) in [6, 6.07) is 8.62. The second-order valence-corrected chi connectivity index (χ2v) is 8.81. The number of carbonyl (C=O) groups excluding carboxylic acids is 1. The third kappa shape index (κ3) is 5.98. The van der Waals surface area contributed by atoms with E-state index in [1.165, 1.54) is 6.92 Å². The van der Waals surface area contributed by atoms with Gasteiger partial charge in [-0.3, -0.25) is 9.78 Å². The molecule has 0 aliphatic carbocycles. The van der Waals surface area contributed by atoms with Gasteiger partial charge in [0.25, 0.3) is 5.91 Å². The van der Waals surface area contributed by atoms with E-state index >= 15 is 0 Å². The van der Waals surface area contributed by atoms with Gasteiger partial charge in [-0.15, -0.1) is 0 Å². The number of carbonyl (C=O) groups is 1. The Hall–Kier alpha value is -4.52. The summed E-state index contributed by atoms with van der Waals surface area (Å²) in [5, 5.41) is 5.57. The molecule has 0 spiro atoms. The summed E-state index contributed by atoms with van der Waals surface area (Å²) >= 11 is 0. The highest BCUT2D eigenvalue weighted by atomic mass is 19.4. The molecule has 1 saturated heterocycles. The largest absolute Gasteiger partial charge is 0.452 e. The minimum atomic E-state index is -4.85. The smallest absolute Gasteiger partial charge is 0.436 e. The van der Waals surface area contributed by atoms with Gasteiger partial charge in [-0.05, 0) is 36.8 Å². The lowest BCUT2D eigenvalue weighted by molar-refractivity contribution is -0.153. The lowest BCUT2D eigenvalue weighted by Gasteiger charge is -2.28. The molecule has 0 saturated carbocycles. The molecule has 1 amide bonds. The molecular weight excluding hydrogens is 515 g/mol. The number of benzene rings is 1. The van der Waals surface area contributed by atoms with Crippen LogP contribution in [0.25, 0.3) is 11.3 Å². The van der Waals surface area contributed by atoms with Crippen LogP contribution in [0.2, 0.25) is 0 Å². The van der Waals surface area contributed by atoms with Gasteiger partial charge in [-0.2, -0.15) is 13.2 Å². The Morgan fingerprint density at radius 3 is 2.62 bits per heavy atom. The molecule has 0 unspecified atom stereocenters. The van der Waals surface area contributed by atoms with Gasteiger partial charge in [0.2, 0.25) is 11.7 Å². The SMILES string of the molecule is Cc1nc(C(=O)Nc2ccc(C)c(Nc3nccc(-c4cncc(N5CCOCC5)c4)n3)c2)c(C(F)(F)F)o1. The summed E-state index contributed by atoms with van der Waals surface area (Å²) in [4.78, 5) is 31.7. The zero-order valence-corrected chi connectivity index (χ0v) is 21.0. The third-order valence-corrected chi connectivity index (χ3v) is 6.00. The number of pyridine rings is 1. The first-order valence-corrected chi connectivity index (χ1v) is 12.0. The second kappa shape index (κ2) is 10.7. The highest BCUT2D eigenvalue weighted by Crippen LogP contribution is 2.33. The van der Waals surface area contributed by atoms with Crippen LogP contribution in [0.4, 0.5) is 36.2 Å². The van der Waals surface area contributed by atoms with Crippen molar-refractivity contribution in [2.45, 2.75) is 20.0 Å². The molecule has 202 valence electrons. The minimum Gasteiger partial charge on any atom is -0.436 e. The van der Waals surface area contributed by atoms with Crippen molar-refractivity contribution in [3.05, 3.63) is 71.8 Å². The number of aryl methyl sites for hydroxylation is 2. The highest BCUT2D eigenvalue weighted by molar-refractivity contribution is 6.04. The molecule has 0 atom stereocenters. The molecule has 1 fully saturated rings. The number of hydrogen-bond acceptors (Lipinski definition) is 9. The Bertz CT molecular complexity index is 1500. The van der Waals surface area contributed by atoms with Crippen LogP contribution < -0.4 is 15.5 Å². The van der Waals surface area contributed by atoms with Crippen LogP contribution in [0.15, 0.2) is 53.3 Å². The standard InChI is InChI=1S/C26H24F3N7O3/c1-15-3-4-18(33-24(37)22-23(26(27,28)29)39-16(2)32-22)12-21(15)35-25-31-6-5-20(34-25)17-11-19(14-30-13-17)36-7-9-38-10-8-36/h3-6,11-14H,7-10H2,1-2H3,(H,33,37)(H,31,34,35). The average Bonchev–Trinajstić information content (AvgIpc) is 3.34. The number of rotatable bonds is 6. The Balaban J connectivity index is 1.35. The van der Waals surface area contributed by atoms with E-state index in [-0.39, 0.29) is 11.6 Å². The van der Waals surface area contributed by atoms with E-state index in [4.69, 9.17) is 4.74 Å². The van der Waals surface area contributed by atoms with Gasteiger partial charge in [0.15, 0.2) is 11.6 Å². The van der Waals surface area contributed by atoms with Crippen LogP contribution in [0.5, 0.6) is 0 Å². The monoisotopic (exact) mass is 539 g/mol.